The van der Waals surface area contributed by atoms with Gasteiger partial charge in [-0.2, -0.15) is 5.10 Å². The number of halogens is 1. The summed E-state index contributed by atoms with van der Waals surface area (Å²) in [5, 5.41) is 5.04. The average molecular weight is 189 g/mol. The Labute approximate surface area is 63.0 Å². The normalized spacial score (nSPS) is 10.0. The molecule has 0 amide bonds. The molecule has 0 saturated carbocycles. The molecule has 0 bridgehead atoms. The molecule has 0 aliphatic rings. The van der Waals surface area contributed by atoms with E-state index in [2.05, 4.69) is 21.0 Å². The van der Waals surface area contributed by atoms with Crippen LogP contribution < -0.4 is 0 Å². The molecule has 1 aromatic rings. The summed E-state index contributed by atoms with van der Waals surface area (Å²) in [6.45, 7) is 0. The predicted molar refractivity (Wildman–Crippen MR) is 40.7 cm³/mol. The second-order valence-electron chi connectivity index (χ2n) is 1.96. The second kappa shape index (κ2) is 3.01. The van der Waals surface area contributed by atoms with E-state index >= 15 is 0 Å². The minimum Gasteiger partial charge on any atom is -0.276 e. The lowest BCUT2D eigenvalue weighted by Crippen LogP contribution is -1.85. The summed E-state index contributed by atoms with van der Waals surface area (Å²) in [6, 6.07) is 0. The summed E-state index contributed by atoms with van der Waals surface area (Å²) in [7, 11) is 1.93. The van der Waals surface area contributed by atoms with Gasteiger partial charge in [0.1, 0.15) is 0 Å². The van der Waals surface area contributed by atoms with Gasteiger partial charge in [0.25, 0.3) is 0 Å². The number of nitrogens with zero attached hydrogens (tertiary/aromatic N) is 2. The van der Waals surface area contributed by atoms with E-state index in [0.29, 0.717) is 0 Å². The molecule has 2 nitrogen and oxygen atoms in total. The van der Waals surface area contributed by atoms with Gasteiger partial charge in [-0.25, -0.2) is 0 Å². The first-order valence-electron chi connectivity index (χ1n) is 2.86. The maximum absolute atomic E-state index is 4.03. The lowest BCUT2D eigenvalue weighted by Gasteiger charge is -1.85. The Bertz CT molecular complexity index is 183. The number of aryl methyl sites for hydroxylation is 2. The summed E-state index contributed by atoms with van der Waals surface area (Å²) in [5.74, 6) is 0. The molecule has 0 spiro atoms. The number of alkyl halides is 1. The van der Waals surface area contributed by atoms with Crippen molar-refractivity contribution in [2.45, 2.75) is 6.42 Å². The molecule has 0 N–H and O–H groups in total. The smallest absolute Gasteiger partial charge is 0.0521 e. The molecule has 0 fully saturated rings. The van der Waals surface area contributed by atoms with Gasteiger partial charge in [0, 0.05) is 18.6 Å². The van der Waals surface area contributed by atoms with Crippen molar-refractivity contribution in [2.75, 3.05) is 5.33 Å². The second-order valence-corrected chi connectivity index (χ2v) is 2.75. The fraction of sp³-hybridized carbons (Fsp3) is 0.500. The van der Waals surface area contributed by atoms with Crippen molar-refractivity contribution < 1.29 is 0 Å². The third kappa shape index (κ3) is 1.82. The third-order valence-electron chi connectivity index (χ3n) is 1.14. The van der Waals surface area contributed by atoms with Gasteiger partial charge in [-0.3, -0.25) is 4.68 Å². The summed E-state index contributed by atoms with van der Waals surface area (Å²) in [6.07, 6.45) is 4.98. The SMILES string of the molecule is Cn1cc(CCBr)cn1. The Balaban J connectivity index is 2.61. The van der Waals surface area contributed by atoms with Crippen LogP contribution in [0.2, 0.25) is 0 Å². The standard InChI is InChI=1S/C6H9BrN2/c1-9-5-6(2-3-7)4-8-9/h4-5H,2-3H2,1H3. The molecule has 50 valence electrons. The lowest BCUT2D eigenvalue weighted by atomic mass is 10.3. The molecule has 0 aromatic carbocycles. The monoisotopic (exact) mass is 188 g/mol. The van der Waals surface area contributed by atoms with Gasteiger partial charge in [-0.1, -0.05) is 15.9 Å². The molecule has 0 saturated heterocycles. The first-order chi connectivity index (χ1) is 4.33. The first kappa shape index (κ1) is 6.81. The number of aromatic nitrogens is 2. The molecule has 0 atom stereocenters. The van der Waals surface area contributed by atoms with Crippen LogP contribution in [0.1, 0.15) is 5.56 Å². The molecule has 1 aromatic heterocycles. The highest BCUT2D eigenvalue weighted by Gasteiger charge is 1.91. The average Bonchev–Trinajstić information content (AvgIpc) is 2.17. The maximum atomic E-state index is 4.03. The van der Waals surface area contributed by atoms with Gasteiger partial charge < -0.3 is 0 Å². The van der Waals surface area contributed by atoms with Gasteiger partial charge in [0.15, 0.2) is 0 Å². The summed E-state index contributed by atoms with van der Waals surface area (Å²) < 4.78 is 1.82. The van der Waals surface area contributed by atoms with Crippen molar-refractivity contribution in [1.82, 2.24) is 9.78 Å². The molecule has 0 aliphatic carbocycles. The minimum absolute atomic E-state index is 1.01. The van der Waals surface area contributed by atoms with Crippen molar-refractivity contribution in [1.29, 1.82) is 0 Å². The highest BCUT2D eigenvalue weighted by Crippen LogP contribution is 1.98. The van der Waals surface area contributed by atoms with E-state index in [-0.39, 0.29) is 0 Å². The summed E-state index contributed by atoms with van der Waals surface area (Å²) >= 11 is 3.36. The van der Waals surface area contributed by atoms with Gasteiger partial charge in [-0.05, 0) is 12.0 Å². The van der Waals surface area contributed by atoms with Crippen LogP contribution in [-0.4, -0.2) is 15.1 Å². The molecule has 3 heteroatoms. The maximum Gasteiger partial charge on any atom is 0.0521 e. The van der Waals surface area contributed by atoms with Gasteiger partial charge in [0.05, 0.1) is 6.20 Å². The highest BCUT2D eigenvalue weighted by molar-refractivity contribution is 9.09. The quantitative estimate of drug-likeness (QED) is 0.642. The number of rotatable bonds is 2. The van der Waals surface area contributed by atoms with Crippen molar-refractivity contribution in [3.8, 4) is 0 Å². The van der Waals surface area contributed by atoms with E-state index in [0.717, 1.165) is 11.8 Å². The van der Waals surface area contributed by atoms with E-state index in [1.54, 1.807) is 0 Å². The zero-order chi connectivity index (χ0) is 6.69. The van der Waals surface area contributed by atoms with Gasteiger partial charge in [-0.15, -0.1) is 0 Å². The molecule has 0 aliphatic heterocycles. The minimum atomic E-state index is 1.01. The van der Waals surface area contributed by atoms with Gasteiger partial charge >= 0.3 is 0 Å². The Morgan fingerprint density at radius 1 is 1.78 bits per heavy atom. The molecule has 0 unspecified atom stereocenters. The third-order valence-corrected chi connectivity index (χ3v) is 1.54. The Hall–Kier alpha value is -0.310. The van der Waals surface area contributed by atoms with Crippen molar-refractivity contribution >= 4 is 15.9 Å². The fourth-order valence-electron chi connectivity index (χ4n) is 0.710. The first-order valence-corrected chi connectivity index (χ1v) is 3.98. The van der Waals surface area contributed by atoms with Gasteiger partial charge in [0.2, 0.25) is 0 Å². The largest absolute Gasteiger partial charge is 0.276 e. The van der Waals surface area contributed by atoms with Crippen molar-refractivity contribution in [3.05, 3.63) is 18.0 Å². The zero-order valence-electron chi connectivity index (χ0n) is 5.34. The van der Waals surface area contributed by atoms with E-state index in [9.17, 15) is 0 Å². The van der Waals surface area contributed by atoms with Crippen LogP contribution in [0.15, 0.2) is 12.4 Å². The molecule has 1 heterocycles. The van der Waals surface area contributed by atoms with Crippen molar-refractivity contribution in [3.63, 3.8) is 0 Å². The lowest BCUT2D eigenvalue weighted by molar-refractivity contribution is 0.767. The van der Waals surface area contributed by atoms with Crippen LogP contribution in [0.4, 0.5) is 0 Å². The number of hydrogen-bond donors (Lipinski definition) is 0. The Morgan fingerprint density at radius 2 is 2.56 bits per heavy atom. The van der Waals surface area contributed by atoms with Crippen LogP contribution in [-0.2, 0) is 13.5 Å². The van der Waals surface area contributed by atoms with E-state index in [1.165, 1.54) is 5.56 Å². The zero-order valence-corrected chi connectivity index (χ0v) is 6.93. The Morgan fingerprint density at radius 3 is 3.00 bits per heavy atom. The predicted octanol–water partition coefficient (Wildman–Crippen LogP) is 1.36. The Kier molecular flexibility index (Phi) is 2.28. The van der Waals surface area contributed by atoms with Crippen LogP contribution in [0.25, 0.3) is 0 Å². The van der Waals surface area contributed by atoms with Crippen LogP contribution in [0.3, 0.4) is 0 Å². The molecular formula is C6H9BrN2. The summed E-state index contributed by atoms with van der Waals surface area (Å²) in [5.41, 5.74) is 1.29. The van der Waals surface area contributed by atoms with E-state index in [4.69, 9.17) is 0 Å². The summed E-state index contributed by atoms with van der Waals surface area (Å²) in [4.78, 5) is 0. The van der Waals surface area contributed by atoms with Crippen LogP contribution >= 0.6 is 15.9 Å². The molecule has 0 radical (unpaired) electrons. The van der Waals surface area contributed by atoms with E-state index < -0.39 is 0 Å². The highest BCUT2D eigenvalue weighted by atomic mass is 79.9. The molecule has 1 rings (SSSR count). The molecule has 9 heavy (non-hydrogen) atoms. The topological polar surface area (TPSA) is 17.8 Å². The molecular weight excluding hydrogens is 180 g/mol. The van der Waals surface area contributed by atoms with Crippen LogP contribution in [0, 0.1) is 0 Å². The fourth-order valence-corrected chi connectivity index (χ4v) is 1.17. The number of hydrogen-bond acceptors (Lipinski definition) is 1. The van der Waals surface area contributed by atoms with Crippen LogP contribution in [0.5, 0.6) is 0 Å². The van der Waals surface area contributed by atoms with Crippen molar-refractivity contribution in [2.24, 2.45) is 7.05 Å². The van der Waals surface area contributed by atoms with E-state index in [1.807, 2.05) is 24.1 Å².